The molecule has 1 unspecified atom stereocenters. The van der Waals surface area contributed by atoms with Crippen molar-refractivity contribution in [3.63, 3.8) is 0 Å². The molecule has 0 aliphatic carbocycles. The average molecular weight is 224 g/mol. The van der Waals surface area contributed by atoms with E-state index in [1.54, 1.807) is 0 Å². The van der Waals surface area contributed by atoms with E-state index in [1.807, 2.05) is 13.8 Å². The molecule has 66 valence electrons. The van der Waals surface area contributed by atoms with Gasteiger partial charge in [-0.25, -0.2) is 4.79 Å². The first-order valence-corrected chi connectivity index (χ1v) is 4.79. The van der Waals surface area contributed by atoms with Crippen molar-refractivity contribution in [1.82, 2.24) is 5.32 Å². The Hall–Kier alpha value is -0.250. The Kier molecular flexibility index (Phi) is 6.31. The van der Waals surface area contributed by atoms with Gasteiger partial charge in [0.15, 0.2) is 0 Å². The molecule has 0 spiro atoms. The van der Waals surface area contributed by atoms with E-state index in [0.29, 0.717) is 19.1 Å². The number of alkyl carbamates (subject to hydrolysis) is 1. The summed E-state index contributed by atoms with van der Waals surface area (Å²) in [6.07, 6.45) is -0.333. The second kappa shape index (κ2) is 6.46. The molecule has 0 aromatic heterocycles. The molecule has 4 heteroatoms. The summed E-state index contributed by atoms with van der Waals surface area (Å²) < 4.78 is 4.86. The zero-order chi connectivity index (χ0) is 8.69. The maximum Gasteiger partial charge on any atom is 0.407 e. The zero-order valence-corrected chi connectivity index (χ0v) is 8.48. The average Bonchev–Trinajstić information content (AvgIpc) is 2.01. The molecular weight excluding hydrogens is 210 g/mol. The van der Waals surface area contributed by atoms with Crippen molar-refractivity contribution in [2.24, 2.45) is 5.92 Å². The van der Waals surface area contributed by atoms with Crippen molar-refractivity contribution in [3.8, 4) is 0 Å². The van der Waals surface area contributed by atoms with Crippen molar-refractivity contribution < 1.29 is 9.53 Å². The molecule has 0 fully saturated rings. The van der Waals surface area contributed by atoms with Gasteiger partial charge in [-0.3, -0.25) is 0 Å². The third-order valence-corrected chi connectivity index (χ3v) is 2.19. The van der Waals surface area contributed by atoms with Crippen molar-refractivity contribution in [2.75, 3.05) is 18.5 Å². The van der Waals surface area contributed by atoms with E-state index in [1.165, 1.54) is 0 Å². The predicted octanol–water partition coefficient (Wildman–Crippen LogP) is 1.76. The van der Waals surface area contributed by atoms with Crippen LogP contribution in [0.1, 0.15) is 13.8 Å². The van der Waals surface area contributed by atoms with Crippen LogP contribution in [-0.4, -0.2) is 24.6 Å². The smallest absolute Gasteiger partial charge is 0.407 e. The van der Waals surface area contributed by atoms with Crippen LogP contribution in [0.3, 0.4) is 0 Å². The van der Waals surface area contributed by atoms with Gasteiger partial charge in [0.05, 0.1) is 6.61 Å². The van der Waals surface area contributed by atoms with Gasteiger partial charge in [0.1, 0.15) is 0 Å². The van der Waals surface area contributed by atoms with Gasteiger partial charge >= 0.3 is 6.09 Å². The van der Waals surface area contributed by atoms with E-state index < -0.39 is 0 Å². The molecular formula is C7H14BrNO2. The van der Waals surface area contributed by atoms with Crippen LogP contribution in [0.25, 0.3) is 0 Å². The van der Waals surface area contributed by atoms with E-state index >= 15 is 0 Å². The number of alkyl halides is 1. The number of halogens is 1. The topological polar surface area (TPSA) is 38.3 Å². The minimum Gasteiger partial charge on any atom is -0.449 e. The summed E-state index contributed by atoms with van der Waals surface area (Å²) in [7, 11) is 0. The largest absolute Gasteiger partial charge is 0.449 e. The lowest BCUT2D eigenvalue weighted by atomic mass is 10.2. The van der Waals surface area contributed by atoms with Crippen LogP contribution in [0, 0.1) is 5.92 Å². The molecule has 3 nitrogen and oxygen atoms in total. The molecule has 0 aromatic rings. The number of ether oxygens (including phenoxy) is 1. The Morgan fingerprint density at radius 2 is 2.36 bits per heavy atom. The van der Waals surface area contributed by atoms with E-state index in [9.17, 15) is 4.79 Å². The zero-order valence-electron chi connectivity index (χ0n) is 6.89. The summed E-state index contributed by atoms with van der Waals surface area (Å²) in [5.74, 6) is 0.373. The van der Waals surface area contributed by atoms with E-state index in [-0.39, 0.29) is 6.09 Å². The molecule has 0 aliphatic heterocycles. The summed E-state index contributed by atoms with van der Waals surface area (Å²) >= 11 is 3.29. The van der Waals surface area contributed by atoms with E-state index in [0.717, 1.165) is 5.33 Å². The molecule has 1 N–H and O–H groups in total. The Morgan fingerprint density at radius 3 is 2.82 bits per heavy atom. The summed E-state index contributed by atoms with van der Waals surface area (Å²) in [5, 5.41) is 3.40. The van der Waals surface area contributed by atoms with Gasteiger partial charge in [0.25, 0.3) is 0 Å². The highest BCUT2D eigenvalue weighted by atomic mass is 79.9. The standard InChI is InChI=1S/C7H14BrNO2/c1-3-9-7(10)11-5-6(2)4-8/h6H,3-5H2,1-2H3,(H,9,10). The van der Waals surface area contributed by atoms with Crippen molar-refractivity contribution >= 4 is 22.0 Å². The molecule has 0 saturated carbocycles. The van der Waals surface area contributed by atoms with Gasteiger partial charge in [-0.15, -0.1) is 0 Å². The van der Waals surface area contributed by atoms with Gasteiger partial charge in [-0.1, -0.05) is 22.9 Å². The number of rotatable bonds is 4. The third-order valence-electron chi connectivity index (χ3n) is 1.08. The highest BCUT2D eigenvalue weighted by Gasteiger charge is 2.03. The summed E-state index contributed by atoms with van der Waals surface area (Å²) in [4.78, 5) is 10.7. The SMILES string of the molecule is CCNC(=O)OCC(C)CBr. The first kappa shape index (κ1) is 10.8. The lowest BCUT2D eigenvalue weighted by Crippen LogP contribution is -2.25. The Balaban J connectivity index is 3.30. The molecule has 0 aromatic carbocycles. The summed E-state index contributed by atoms with van der Waals surface area (Å²) in [6, 6.07) is 0. The lowest BCUT2D eigenvalue weighted by molar-refractivity contribution is 0.134. The second-order valence-corrected chi connectivity index (χ2v) is 3.04. The molecule has 0 aliphatic rings. The van der Waals surface area contributed by atoms with Gasteiger partial charge < -0.3 is 10.1 Å². The van der Waals surface area contributed by atoms with Gasteiger partial charge in [-0.2, -0.15) is 0 Å². The number of hydrogen-bond acceptors (Lipinski definition) is 2. The Labute approximate surface area is 75.6 Å². The fraction of sp³-hybridized carbons (Fsp3) is 0.857. The molecule has 0 radical (unpaired) electrons. The highest BCUT2D eigenvalue weighted by Crippen LogP contribution is 1.99. The first-order chi connectivity index (χ1) is 5.20. The number of nitrogens with one attached hydrogen (secondary N) is 1. The number of hydrogen-bond donors (Lipinski definition) is 1. The van der Waals surface area contributed by atoms with Gasteiger partial charge in [0.2, 0.25) is 0 Å². The molecule has 11 heavy (non-hydrogen) atoms. The second-order valence-electron chi connectivity index (χ2n) is 2.39. The van der Waals surface area contributed by atoms with Gasteiger partial charge in [-0.05, 0) is 6.92 Å². The number of amides is 1. The fourth-order valence-corrected chi connectivity index (χ4v) is 0.645. The van der Waals surface area contributed by atoms with Gasteiger partial charge in [0, 0.05) is 17.8 Å². The van der Waals surface area contributed by atoms with Crippen LogP contribution in [-0.2, 0) is 4.74 Å². The van der Waals surface area contributed by atoms with E-state index in [2.05, 4.69) is 21.2 Å². The third kappa shape index (κ3) is 6.16. The van der Waals surface area contributed by atoms with Crippen LogP contribution < -0.4 is 5.32 Å². The minimum absolute atomic E-state index is 0.333. The van der Waals surface area contributed by atoms with Crippen LogP contribution >= 0.6 is 15.9 Å². The van der Waals surface area contributed by atoms with Crippen LogP contribution in [0.2, 0.25) is 0 Å². The molecule has 0 heterocycles. The minimum atomic E-state index is -0.333. The highest BCUT2D eigenvalue weighted by molar-refractivity contribution is 9.09. The predicted molar refractivity (Wildman–Crippen MR) is 48.0 cm³/mol. The van der Waals surface area contributed by atoms with E-state index in [4.69, 9.17) is 4.74 Å². The Bertz CT molecular complexity index is 119. The number of carbonyl (C=O) groups is 1. The summed E-state index contributed by atoms with van der Waals surface area (Å²) in [5.41, 5.74) is 0. The maximum absolute atomic E-state index is 10.7. The monoisotopic (exact) mass is 223 g/mol. The summed E-state index contributed by atoms with van der Waals surface area (Å²) in [6.45, 7) is 4.95. The molecule has 1 amide bonds. The fourth-order valence-electron chi connectivity index (χ4n) is 0.458. The normalized spacial score (nSPS) is 12.3. The van der Waals surface area contributed by atoms with Crippen LogP contribution in [0.15, 0.2) is 0 Å². The maximum atomic E-state index is 10.7. The van der Waals surface area contributed by atoms with Crippen LogP contribution in [0.4, 0.5) is 4.79 Å². The quantitative estimate of drug-likeness (QED) is 0.739. The molecule has 0 saturated heterocycles. The van der Waals surface area contributed by atoms with Crippen LogP contribution in [0.5, 0.6) is 0 Å². The Morgan fingerprint density at radius 1 is 1.73 bits per heavy atom. The molecule has 0 rings (SSSR count). The van der Waals surface area contributed by atoms with Crippen molar-refractivity contribution in [3.05, 3.63) is 0 Å². The molecule has 1 atom stereocenters. The lowest BCUT2D eigenvalue weighted by Gasteiger charge is -2.08. The van der Waals surface area contributed by atoms with Crippen molar-refractivity contribution in [1.29, 1.82) is 0 Å². The van der Waals surface area contributed by atoms with Crippen molar-refractivity contribution in [2.45, 2.75) is 13.8 Å². The number of carbonyl (C=O) groups excluding carboxylic acids is 1. The first-order valence-electron chi connectivity index (χ1n) is 3.67. The molecule has 0 bridgehead atoms.